The Morgan fingerprint density at radius 1 is 1.67 bits per heavy atom. The van der Waals surface area contributed by atoms with Gasteiger partial charge in [-0.3, -0.25) is 0 Å². The molecule has 80 valence electrons. The fourth-order valence-electron chi connectivity index (χ4n) is 1.06. The Morgan fingerprint density at radius 3 is 2.93 bits per heavy atom. The predicted molar refractivity (Wildman–Crippen MR) is 62.5 cm³/mol. The van der Waals surface area contributed by atoms with Crippen molar-refractivity contribution >= 4 is 33.8 Å². The molecular weight excluding hydrogens is 281 g/mol. The van der Waals surface area contributed by atoms with Crippen LogP contribution >= 0.6 is 27.7 Å². The average Bonchev–Trinajstić information content (AvgIpc) is 2.21. The molecule has 15 heavy (non-hydrogen) atoms. The number of thioether (sulfide) groups is 1. The molecule has 0 saturated heterocycles. The quantitative estimate of drug-likeness (QED) is 0.364. The molecule has 0 fully saturated rings. The number of rotatable bonds is 4. The van der Waals surface area contributed by atoms with Crippen LogP contribution in [0.1, 0.15) is 18.8 Å². The number of benzene rings is 1. The maximum atomic E-state index is 13.2. The van der Waals surface area contributed by atoms with Crippen LogP contribution in [0, 0.1) is 0 Å². The summed E-state index contributed by atoms with van der Waals surface area (Å²) >= 11 is 5.00. The van der Waals surface area contributed by atoms with E-state index in [4.69, 9.17) is 0 Å². The van der Waals surface area contributed by atoms with Crippen LogP contribution in [0.5, 0.6) is 0 Å². The third-order valence-electron chi connectivity index (χ3n) is 1.70. The molecule has 0 aliphatic rings. The van der Waals surface area contributed by atoms with Crippen molar-refractivity contribution in [3.05, 3.63) is 28.2 Å². The molecule has 0 N–H and O–H groups in total. The van der Waals surface area contributed by atoms with Gasteiger partial charge in [0.25, 0.3) is 0 Å². The zero-order valence-electron chi connectivity index (χ0n) is 8.04. The van der Waals surface area contributed by atoms with Gasteiger partial charge in [0.1, 0.15) is 0 Å². The van der Waals surface area contributed by atoms with Crippen molar-refractivity contribution in [2.45, 2.75) is 18.1 Å². The fourth-order valence-corrected chi connectivity index (χ4v) is 2.47. The largest absolute Gasteiger partial charge is 0.238 e. The van der Waals surface area contributed by atoms with Crippen LogP contribution in [-0.2, 0) is 4.79 Å². The maximum absolute atomic E-state index is 13.2. The van der Waals surface area contributed by atoms with Crippen molar-refractivity contribution < 1.29 is 9.18 Å². The molecule has 0 aliphatic heterocycles. The van der Waals surface area contributed by atoms with Crippen molar-refractivity contribution in [1.29, 1.82) is 0 Å². The Morgan fingerprint density at radius 2 is 2.40 bits per heavy atom. The monoisotopic (exact) mass is 289 g/mol. The van der Waals surface area contributed by atoms with E-state index in [-0.39, 0.29) is 0 Å². The van der Waals surface area contributed by atoms with Gasteiger partial charge in [0.15, 0.2) is 0 Å². The maximum Gasteiger partial charge on any atom is 0.238 e. The van der Waals surface area contributed by atoms with Gasteiger partial charge in [-0.05, 0) is 33.8 Å². The second-order valence-corrected chi connectivity index (χ2v) is 4.84. The summed E-state index contributed by atoms with van der Waals surface area (Å²) in [5, 5.41) is 0. The SMILES string of the molecule is CCSc1ccc(C(F)N=C=O)cc1Br. The van der Waals surface area contributed by atoms with Gasteiger partial charge in [0, 0.05) is 14.9 Å². The van der Waals surface area contributed by atoms with Gasteiger partial charge >= 0.3 is 0 Å². The van der Waals surface area contributed by atoms with Gasteiger partial charge < -0.3 is 0 Å². The van der Waals surface area contributed by atoms with Crippen LogP contribution in [0.15, 0.2) is 32.6 Å². The van der Waals surface area contributed by atoms with E-state index >= 15 is 0 Å². The summed E-state index contributed by atoms with van der Waals surface area (Å²) < 4.78 is 14.0. The smallest absolute Gasteiger partial charge is 0.215 e. The van der Waals surface area contributed by atoms with E-state index in [0.29, 0.717) is 5.56 Å². The number of aliphatic imine (C=N–C) groups is 1. The summed E-state index contributed by atoms with van der Waals surface area (Å²) in [4.78, 5) is 14.0. The summed E-state index contributed by atoms with van der Waals surface area (Å²) in [6, 6.07) is 5.05. The molecule has 1 rings (SSSR count). The molecule has 0 aromatic heterocycles. The lowest BCUT2D eigenvalue weighted by molar-refractivity contribution is 0.356. The number of hydrogen-bond donors (Lipinski definition) is 0. The lowest BCUT2D eigenvalue weighted by Gasteiger charge is -2.06. The number of hydrogen-bond acceptors (Lipinski definition) is 3. The molecule has 0 radical (unpaired) electrons. The lowest BCUT2D eigenvalue weighted by Crippen LogP contribution is -1.88. The Balaban J connectivity index is 2.95. The highest BCUT2D eigenvalue weighted by Crippen LogP contribution is 2.31. The van der Waals surface area contributed by atoms with Crippen LogP contribution in [0.2, 0.25) is 0 Å². The molecule has 0 aliphatic carbocycles. The van der Waals surface area contributed by atoms with E-state index in [2.05, 4.69) is 20.9 Å². The minimum absolute atomic E-state index is 0.352. The molecule has 1 atom stereocenters. The Bertz CT molecular complexity index is 393. The molecule has 0 heterocycles. The van der Waals surface area contributed by atoms with Crippen molar-refractivity contribution in [3.8, 4) is 0 Å². The van der Waals surface area contributed by atoms with Gasteiger partial charge in [-0.2, -0.15) is 4.99 Å². The lowest BCUT2D eigenvalue weighted by atomic mass is 10.2. The molecule has 0 amide bonds. The zero-order chi connectivity index (χ0) is 11.3. The third kappa shape index (κ3) is 3.45. The minimum Gasteiger partial charge on any atom is -0.215 e. The van der Waals surface area contributed by atoms with E-state index in [1.165, 1.54) is 6.08 Å². The van der Waals surface area contributed by atoms with Crippen LogP contribution in [0.3, 0.4) is 0 Å². The van der Waals surface area contributed by atoms with E-state index in [0.717, 1.165) is 15.1 Å². The molecule has 0 saturated carbocycles. The van der Waals surface area contributed by atoms with E-state index < -0.39 is 6.30 Å². The molecule has 0 bridgehead atoms. The van der Waals surface area contributed by atoms with Gasteiger partial charge in [-0.15, -0.1) is 11.8 Å². The molecule has 1 unspecified atom stereocenters. The first-order valence-corrected chi connectivity index (χ1v) is 6.10. The Kier molecular flexibility index (Phi) is 5.02. The van der Waals surface area contributed by atoms with Gasteiger partial charge in [-0.1, -0.05) is 13.0 Å². The third-order valence-corrected chi connectivity index (χ3v) is 3.57. The summed E-state index contributed by atoms with van der Waals surface area (Å²) in [6.45, 7) is 2.04. The zero-order valence-corrected chi connectivity index (χ0v) is 10.4. The first-order valence-electron chi connectivity index (χ1n) is 4.32. The molecule has 1 aromatic rings. The normalized spacial score (nSPS) is 11.9. The summed E-state index contributed by atoms with van der Waals surface area (Å²) in [6.07, 6.45) is -0.421. The molecule has 1 aromatic carbocycles. The number of halogens is 2. The summed E-state index contributed by atoms with van der Waals surface area (Å²) in [5.41, 5.74) is 0.352. The predicted octanol–water partition coefficient (Wildman–Crippen LogP) is 3.87. The molecular formula is C10H9BrFNOS. The number of isocyanates is 1. The topological polar surface area (TPSA) is 29.4 Å². The standard InChI is InChI=1S/C10H9BrFNOS/c1-2-15-9-4-3-7(5-8(9)11)10(12)13-6-14/h3-5,10H,2H2,1H3. The van der Waals surface area contributed by atoms with Gasteiger partial charge in [0.05, 0.1) is 0 Å². The molecule has 2 nitrogen and oxygen atoms in total. The summed E-state index contributed by atoms with van der Waals surface area (Å²) in [7, 11) is 0. The minimum atomic E-state index is -1.63. The van der Waals surface area contributed by atoms with E-state index in [1.807, 2.05) is 6.92 Å². The van der Waals surface area contributed by atoms with E-state index in [1.54, 1.807) is 30.0 Å². The molecule has 5 heteroatoms. The molecule has 0 spiro atoms. The number of carbonyl (C=O) groups excluding carboxylic acids is 1. The van der Waals surface area contributed by atoms with Crippen molar-refractivity contribution in [1.82, 2.24) is 0 Å². The number of alkyl halides is 1. The van der Waals surface area contributed by atoms with Crippen molar-refractivity contribution in [3.63, 3.8) is 0 Å². The Hall–Kier alpha value is -0.640. The van der Waals surface area contributed by atoms with Gasteiger partial charge in [-0.25, -0.2) is 9.18 Å². The van der Waals surface area contributed by atoms with Crippen LogP contribution < -0.4 is 0 Å². The summed E-state index contributed by atoms with van der Waals surface area (Å²) in [5.74, 6) is 0.948. The first kappa shape index (κ1) is 12.4. The number of nitrogens with zero attached hydrogens (tertiary/aromatic N) is 1. The van der Waals surface area contributed by atoms with Crippen molar-refractivity contribution in [2.24, 2.45) is 4.99 Å². The van der Waals surface area contributed by atoms with Crippen LogP contribution in [0.25, 0.3) is 0 Å². The highest BCUT2D eigenvalue weighted by Gasteiger charge is 2.09. The van der Waals surface area contributed by atoms with Crippen molar-refractivity contribution in [2.75, 3.05) is 5.75 Å². The Labute approximate surface area is 100 Å². The average molecular weight is 290 g/mol. The van der Waals surface area contributed by atoms with Gasteiger partial charge in [0.2, 0.25) is 12.4 Å². The van der Waals surface area contributed by atoms with Crippen LogP contribution in [-0.4, -0.2) is 11.8 Å². The highest BCUT2D eigenvalue weighted by molar-refractivity contribution is 9.10. The first-order chi connectivity index (χ1) is 7.19. The highest BCUT2D eigenvalue weighted by atomic mass is 79.9. The fraction of sp³-hybridized carbons (Fsp3) is 0.300. The van der Waals surface area contributed by atoms with E-state index in [9.17, 15) is 9.18 Å². The second kappa shape index (κ2) is 6.05. The second-order valence-electron chi connectivity index (χ2n) is 2.68. The van der Waals surface area contributed by atoms with Crippen LogP contribution in [0.4, 0.5) is 4.39 Å².